The van der Waals surface area contributed by atoms with E-state index >= 15 is 0 Å². The molecule has 0 aromatic heterocycles. The fourth-order valence-electron chi connectivity index (χ4n) is 2.06. The molecular formula is C11H16N4O5S. The number of nitro benzene ring substituents is 1. The zero-order valence-corrected chi connectivity index (χ0v) is 11.9. The summed E-state index contributed by atoms with van der Waals surface area (Å²) >= 11 is 0. The highest BCUT2D eigenvalue weighted by Crippen LogP contribution is 2.27. The molecule has 1 unspecified atom stereocenters. The van der Waals surface area contributed by atoms with Crippen molar-refractivity contribution >= 4 is 21.4 Å². The zero-order valence-electron chi connectivity index (χ0n) is 11.1. The van der Waals surface area contributed by atoms with Crippen molar-refractivity contribution in [1.29, 1.82) is 0 Å². The summed E-state index contributed by atoms with van der Waals surface area (Å²) in [5.41, 5.74) is 1.95. The van der Waals surface area contributed by atoms with Gasteiger partial charge >= 0.3 is 0 Å². The highest BCUT2D eigenvalue weighted by atomic mass is 32.2. The van der Waals surface area contributed by atoms with Crippen LogP contribution in [0.15, 0.2) is 23.1 Å². The van der Waals surface area contributed by atoms with Gasteiger partial charge in [0.05, 0.1) is 16.7 Å². The van der Waals surface area contributed by atoms with E-state index < -0.39 is 25.5 Å². The minimum absolute atomic E-state index is 0.0936. The Bertz CT molecular complexity index is 628. The molecule has 0 aliphatic carbocycles. The zero-order chi connectivity index (χ0) is 15.5. The van der Waals surface area contributed by atoms with Crippen LogP contribution in [0.3, 0.4) is 0 Å². The first-order chi connectivity index (χ1) is 9.94. The number of nitrogens with one attached hydrogen (secondary N) is 2. The minimum Gasteiger partial charge on any atom is -0.377 e. The lowest BCUT2D eigenvalue weighted by molar-refractivity contribution is -0.387. The summed E-state index contributed by atoms with van der Waals surface area (Å²) < 4.78 is 32.0. The van der Waals surface area contributed by atoms with Crippen LogP contribution in [-0.2, 0) is 14.8 Å². The van der Waals surface area contributed by atoms with Gasteiger partial charge in [-0.3, -0.25) is 16.0 Å². The molecule has 0 amide bonds. The Kier molecular flexibility index (Phi) is 4.73. The predicted molar refractivity (Wildman–Crippen MR) is 75.1 cm³/mol. The largest absolute Gasteiger partial charge is 0.377 e. The van der Waals surface area contributed by atoms with Crippen LogP contribution in [0.1, 0.15) is 12.8 Å². The third kappa shape index (κ3) is 3.67. The molecule has 10 heteroatoms. The Labute approximate surface area is 121 Å². The fraction of sp³-hybridized carbons (Fsp3) is 0.455. The summed E-state index contributed by atoms with van der Waals surface area (Å²) in [6, 6.07) is 3.57. The third-order valence-electron chi connectivity index (χ3n) is 3.14. The van der Waals surface area contributed by atoms with Crippen molar-refractivity contribution in [3.05, 3.63) is 28.3 Å². The number of sulfonamides is 1. The van der Waals surface area contributed by atoms with E-state index in [0.29, 0.717) is 6.61 Å². The Morgan fingerprint density at radius 1 is 1.48 bits per heavy atom. The summed E-state index contributed by atoms with van der Waals surface area (Å²) in [7, 11) is -3.99. The van der Waals surface area contributed by atoms with Crippen LogP contribution in [0.25, 0.3) is 0 Å². The lowest BCUT2D eigenvalue weighted by atomic mass is 10.2. The highest BCUT2D eigenvalue weighted by molar-refractivity contribution is 7.89. The van der Waals surface area contributed by atoms with Crippen molar-refractivity contribution in [2.45, 2.75) is 23.8 Å². The molecule has 0 spiro atoms. The standard InChI is InChI=1S/C11H16N4O5S/c12-14-8-3-4-11(10(6-8)15(16)17)21(18,19)13-7-9-2-1-5-20-9/h3-4,6,9,13-14H,1-2,5,7,12H2. The molecule has 0 saturated carbocycles. The summed E-state index contributed by atoms with van der Waals surface area (Å²) in [5.74, 6) is 5.17. The molecular weight excluding hydrogens is 300 g/mol. The van der Waals surface area contributed by atoms with E-state index in [4.69, 9.17) is 10.6 Å². The van der Waals surface area contributed by atoms with Gasteiger partial charge in [0, 0.05) is 19.2 Å². The van der Waals surface area contributed by atoms with Crippen LogP contribution >= 0.6 is 0 Å². The van der Waals surface area contributed by atoms with Crippen LogP contribution in [0.2, 0.25) is 0 Å². The first kappa shape index (κ1) is 15.6. The number of hydrogen-bond acceptors (Lipinski definition) is 7. The van der Waals surface area contributed by atoms with Gasteiger partial charge < -0.3 is 10.2 Å². The topological polar surface area (TPSA) is 137 Å². The number of hydrogen-bond donors (Lipinski definition) is 3. The van der Waals surface area contributed by atoms with E-state index in [-0.39, 0.29) is 18.3 Å². The minimum atomic E-state index is -3.99. The summed E-state index contributed by atoms with van der Waals surface area (Å²) in [6.45, 7) is 0.694. The van der Waals surface area contributed by atoms with Gasteiger partial charge in [0.25, 0.3) is 5.69 Å². The number of ether oxygens (including phenoxy) is 1. The molecule has 1 saturated heterocycles. The van der Waals surface area contributed by atoms with Crippen molar-refractivity contribution in [2.75, 3.05) is 18.6 Å². The molecule has 1 atom stereocenters. The van der Waals surface area contributed by atoms with Crippen molar-refractivity contribution in [1.82, 2.24) is 4.72 Å². The number of nitro groups is 1. The normalized spacial score (nSPS) is 18.6. The lowest BCUT2D eigenvalue weighted by Gasteiger charge is -2.12. The molecule has 21 heavy (non-hydrogen) atoms. The van der Waals surface area contributed by atoms with E-state index in [1.165, 1.54) is 6.07 Å². The van der Waals surface area contributed by atoms with Gasteiger partial charge in [-0.1, -0.05) is 0 Å². The molecule has 4 N–H and O–H groups in total. The first-order valence-electron chi connectivity index (χ1n) is 6.30. The van der Waals surface area contributed by atoms with E-state index in [1.807, 2.05) is 0 Å². The van der Waals surface area contributed by atoms with Crippen LogP contribution < -0.4 is 16.0 Å². The molecule has 1 aliphatic rings. The molecule has 2 rings (SSSR count). The summed E-state index contributed by atoms with van der Waals surface area (Å²) in [5, 5.41) is 11.0. The SMILES string of the molecule is NNc1ccc(S(=O)(=O)NCC2CCCO2)c([N+](=O)[O-])c1. The van der Waals surface area contributed by atoms with Crippen LogP contribution in [0.5, 0.6) is 0 Å². The van der Waals surface area contributed by atoms with Gasteiger partial charge in [-0.05, 0) is 25.0 Å². The molecule has 1 aromatic carbocycles. The molecule has 1 heterocycles. The van der Waals surface area contributed by atoms with E-state index in [0.717, 1.165) is 25.0 Å². The van der Waals surface area contributed by atoms with E-state index in [1.54, 1.807) is 0 Å². The van der Waals surface area contributed by atoms with Gasteiger partial charge in [0.1, 0.15) is 0 Å². The number of nitrogens with two attached hydrogens (primary N) is 1. The number of hydrazine groups is 1. The van der Waals surface area contributed by atoms with Crippen LogP contribution in [-0.4, -0.2) is 32.6 Å². The molecule has 0 radical (unpaired) electrons. The van der Waals surface area contributed by atoms with Crippen LogP contribution in [0, 0.1) is 10.1 Å². The maximum absolute atomic E-state index is 12.2. The Balaban J connectivity index is 2.23. The van der Waals surface area contributed by atoms with Gasteiger partial charge in [-0.15, -0.1) is 0 Å². The third-order valence-corrected chi connectivity index (χ3v) is 4.61. The van der Waals surface area contributed by atoms with Gasteiger partial charge in [0.15, 0.2) is 4.90 Å². The maximum atomic E-state index is 12.2. The smallest absolute Gasteiger partial charge is 0.291 e. The average molecular weight is 316 g/mol. The summed E-state index contributed by atoms with van der Waals surface area (Å²) in [6.07, 6.45) is 1.45. The molecule has 9 nitrogen and oxygen atoms in total. The number of anilines is 1. The second-order valence-electron chi connectivity index (χ2n) is 4.57. The Morgan fingerprint density at radius 3 is 2.81 bits per heavy atom. The second-order valence-corrected chi connectivity index (χ2v) is 6.31. The monoisotopic (exact) mass is 316 g/mol. The summed E-state index contributed by atoms with van der Waals surface area (Å²) in [4.78, 5) is 9.86. The fourth-order valence-corrected chi connectivity index (χ4v) is 3.28. The molecule has 0 bridgehead atoms. The molecule has 1 aromatic rings. The lowest BCUT2D eigenvalue weighted by Crippen LogP contribution is -2.32. The number of rotatable bonds is 6. The molecule has 116 valence electrons. The van der Waals surface area contributed by atoms with Crippen molar-refractivity contribution < 1.29 is 18.1 Å². The van der Waals surface area contributed by atoms with Crippen molar-refractivity contribution in [3.63, 3.8) is 0 Å². The molecule has 1 aliphatic heterocycles. The average Bonchev–Trinajstić information content (AvgIpc) is 2.98. The quantitative estimate of drug-likeness (QED) is 0.391. The van der Waals surface area contributed by atoms with E-state index in [2.05, 4.69) is 10.1 Å². The van der Waals surface area contributed by atoms with Crippen molar-refractivity contribution in [3.8, 4) is 0 Å². The first-order valence-corrected chi connectivity index (χ1v) is 7.78. The number of benzene rings is 1. The van der Waals surface area contributed by atoms with Crippen molar-refractivity contribution in [2.24, 2.45) is 5.84 Å². The second kappa shape index (κ2) is 6.35. The van der Waals surface area contributed by atoms with Gasteiger partial charge in [0.2, 0.25) is 10.0 Å². The number of nitrogens with zero attached hydrogens (tertiary/aromatic N) is 1. The van der Waals surface area contributed by atoms with Gasteiger partial charge in [-0.2, -0.15) is 0 Å². The number of nitrogen functional groups attached to an aromatic ring is 1. The Morgan fingerprint density at radius 2 is 2.24 bits per heavy atom. The van der Waals surface area contributed by atoms with Gasteiger partial charge in [-0.25, -0.2) is 13.1 Å². The highest BCUT2D eigenvalue weighted by Gasteiger charge is 2.27. The predicted octanol–water partition coefficient (Wildman–Crippen LogP) is 0.338. The molecule has 1 fully saturated rings. The van der Waals surface area contributed by atoms with Crippen LogP contribution in [0.4, 0.5) is 11.4 Å². The van der Waals surface area contributed by atoms with E-state index in [9.17, 15) is 18.5 Å². The maximum Gasteiger partial charge on any atom is 0.291 e. The Hall–Kier alpha value is -1.75.